The molecule has 4 aromatic rings. The summed E-state index contributed by atoms with van der Waals surface area (Å²) in [5, 5.41) is 0.666. The quantitative estimate of drug-likeness (QED) is 0.157. The van der Waals surface area contributed by atoms with E-state index in [1.54, 1.807) is 50.4 Å². The maximum Gasteiger partial charge on any atom is 0.336 e. The Hall–Kier alpha value is -3.95. The smallest absolute Gasteiger partial charge is 0.336 e. The number of sulfonamides is 1. The molecule has 4 rings (SSSR count). The van der Waals surface area contributed by atoms with Crippen LogP contribution in [0.2, 0.25) is 0 Å². The van der Waals surface area contributed by atoms with Crippen molar-refractivity contribution in [2.75, 3.05) is 7.11 Å². The summed E-state index contributed by atoms with van der Waals surface area (Å²) in [6, 6.07) is 17.3. The van der Waals surface area contributed by atoms with Gasteiger partial charge in [-0.2, -0.15) is 4.72 Å². The lowest BCUT2D eigenvalue weighted by Crippen LogP contribution is -2.43. The second-order valence-corrected chi connectivity index (χ2v) is 11.0. The number of esters is 1. The van der Waals surface area contributed by atoms with E-state index in [2.05, 4.69) is 4.72 Å². The standard InChI is InChI=1S/C30H31NO7S/c1-5-6-7-26(31-39(34,35)23-14-8-19(2)9-15-23)30(33)37-27-17-16-24-25(18-28(32)38-29(24)20(27)3)21-10-12-22(36-4)13-11-21/h8-18,26,31H,5-7H2,1-4H3. The Kier molecular flexibility index (Phi) is 8.52. The molecule has 0 amide bonds. The maximum atomic E-state index is 13.2. The predicted octanol–water partition coefficient (Wildman–Crippen LogP) is 5.53. The second kappa shape index (κ2) is 11.8. The van der Waals surface area contributed by atoms with Crippen molar-refractivity contribution in [2.24, 2.45) is 0 Å². The zero-order valence-electron chi connectivity index (χ0n) is 22.3. The third kappa shape index (κ3) is 6.38. The van der Waals surface area contributed by atoms with Crippen LogP contribution in [0.1, 0.15) is 37.3 Å². The highest BCUT2D eigenvalue weighted by atomic mass is 32.2. The number of aryl methyl sites for hydroxylation is 2. The molecule has 0 bridgehead atoms. The van der Waals surface area contributed by atoms with Gasteiger partial charge in [-0.1, -0.05) is 49.6 Å². The van der Waals surface area contributed by atoms with Gasteiger partial charge < -0.3 is 13.9 Å². The first-order valence-electron chi connectivity index (χ1n) is 12.7. The summed E-state index contributed by atoms with van der Waals surface area (Å²) in [6.07, 6.45) is 1.65. The molecule has 1 aromatic heterocycles. The van der Waals surface area contributed by atoms with Crippen molar-refractivity contribution in [1.82, 2.24) is 4.72 Å². The fourth-order valence-electron chi connectivity index (χ4n) is 4.25. The molecule has 0 spiro atoms. The van der Waals surface area contributed by atoms with E-state index in [1.807, 2.05) is 26.0 Å². The largest absolute Gasteiger partial charge is 0.497 e. The topological polar surface area (TPSA) is 112 Å². The molecule has 0 saturated carbocycles. The van der Waals surface area contributed by atoms with Gasteiger partial charge in [-0.05, 0) is 67.8 Å². The molecule has 0 aliphatic rings. The van der Waals surface area contributed by atoms with E-state index >= 15 is 0 Å². The summed E-state index contributed by atoms with van der Waals surface area (Å²) in [6.45, 7) is 5.50. The molecule has 204 valence electrons. The van der Waals surface area contributed by atoms with Gasteiger partial charge in [0.25, 0.3) is 0 Å². The molecule has 1 heterocycles. The molecular formula is C30H31NO7S. The number of nitrogens with one attached hydrogen (secondary N) is 1. The zero-order valence-corrected chi connectivity index (χ0v) is 23.1. The van der Waals surface area contributed by atoms with Crippen molar-refractivity contribution < 1.29 is 27.1 Å². The third-order valence-electron chi connectivity index (χ3n) is 6.48. The Morgan fingerprint density at radius 2 is 1.69 bits per heavy atom. The Balaban J connectivity index is 1.65. The molecule has 39 heavy (non-hydrogen) atoms. The number of unbranched alkanes of at least 4 members (excludes halogenated alkanes) is 1. The Bertz CT molecular complexity index is 1640. The highest BCUT2D eigenvalue weighted by Crippen LogP contribution is 2.34. The lowest BCUT2D eigenvalue weighted by molar-refractivity contribution is -0.136. The third-order valence-corrected chi connectivity index (χ3v) is 7.97. The van der Waals surface area contributed by atoms with Gasteiger partial charge in [0.2, 0.25) is 10.0 Å². The average Bonchev–Trinajstić information content (AvgIpc) is 2.92. The fourth-order valence-corrected chi connectivity index (χ4v) is 5.47. The summed E-state index contributed by atoms with van der Waals surface area (Å²) in [7, 11) is -2.38. The molecule has 0 radical (unpaired) electrons. The predicted molar refractivity (Wildman–Crippen MR) is 150 cm³/mol. The minimum absolute atomic E-state index is 0.0668. The van der Waals surface area contributed by atoms with E-state index in [-0.39, 0.29) is 22.6 Å². The molecule has 0 fully saturated rings. The van der Waals surface area contributed by atoms with Crippen molar-refractivity contribution >= 4 is 27.0 Å². The number of ether oxygens (including phenoxy) is 2. The average molecular weight is 550 g/mol. The van der Waals surface area contributed by atoms with Gasteiger partial charge in [0.15, 0.2) is 0 Å². The van der Waals surface area contributed by atoms with Crippen molar-refractivity contribution in [3.8, 4) is 22.6 Å². The van der Waals surface area contributed by atoms with Crippen LogP contribution >= 0.6 is 0 Å². The van der Waals surface area contributed by atoms with E-state index < -0.39 is 27.7 Å². The van der Waals surface area contributed by atoms with Gasteiger partial charge >= 0.3 is 11.6 Å². The van der Waals surface area contributed by atoms with E-state index in [4.69, 9.17) is 13.9 Å². The summed E-state index contributed by atoms with van der Waals surface area (Å²) < 4.78 is 44.9. The van der Waals surface area contributed by atoms with Crippen LogP contribution in [0.25, 0.3) is 22.1 Å². The first-order valence-corrected chi connectivity index (χ1v) is 14.1. The SMILES string of the molecule is CCCCC(NS(=O)(=O)c1ccc(C)cc1)C(=O)Oc1ccc2c(-c3ccc(OC)cc3)cc(=O)oc2c1C. The molecule has 0 saturated heterocycles. The molecule has 0 aliphatic carbocycles. The lowest BCUT2D eigenvalue weighted by atomic mass is 10.00. The summed E-state index contributed by atoms with van der Waals surface area (Å²) >= 11 is 0. The second-order valence-electron chi connectivity index (χ2n) is 9.32. The number of hydrogen-bond acceptors (Lipinski definition) is 7. The monoisotopic (exact) mass is 549 g/mol. The van der Waals surface area contributed by atoms with Crippen LogP contribution in [0.5, 0.6) is 11.5 Å². The highest BCUT2D eigenvalue weighted by Gasteiger charge is 2.28. The van der Waals surface area contributed by atoms with Crippen LogP contribution in [0.15, 0.2) is 80.8 Å². The van der Waals surface area contributed by atoms with Gasteiger partial charge in [0.1, 0.15) is 23.1 Å². The van der Waals surface area contributed by atoms with Gasteiger partial charge in [-0.15, -0.1) is 0 Å². The maximum absolute atomic E-state index is 13.2. The fraction of sp³-hybridized carbons (Fsp3) is 0.267. The Morgan fingerprint density at radius 1 is 1.00 bits per heavy atom. The molecule has 3 aromatic carbocycles. The summed E-state index contributed by atoms with van der Waals surface area (Å²) in [4.78, 5) is 25.7. The first kappa shape index (κ1) is 28.1. The number of methoxy groups -OCH3 is 1. The van der Waals surface area contributed by atoms with Gasteiger partial charge in [0.05, 0.1) is 12.0 Å². The van der Waals surface area contributed by atoms with E-state index in [0.29, 0.717) is 28.7 Å². The normalized spacial score (nSPS) is 12.3. The molecule has 1 unspecified atom stereocenters. The van der Waals surface area contributed by atoms with Crippen molar-refractivity contribution in [3.05, 3.63) is 88.3 Å². The summed E-state index contributed by atoms with van der Waals surface area (Å²) in [5.74, 6) is 0.126. The van der Waals surface area contributed by atoms with Crippen molar-refractivity contribution in [2.45, 2.75) is 51.0 Å². The van der Waals surface area contributed by atoms with Gasteiger partial charge in [-0.3, -0.25) is 0 Å². The number of fused-ring (bicyclic) bond motifs is 1. The van der Waals surface area contributed by atoms with Crippen LogP contribution in [-0.4, -0.2) is 27.5 Å². The van der Waals surface area contributed by atoms with Crippen molar-refractivity contribution in [3.63, 3.8) is 0 Å². The number of carbonyl (C=O) groups excluding carboxylic acids is 1. The Labute approximate surface area is 227 Å². The number of rotatable bonds is 10. The minimum atomic E-state index is -3.96. The van der Waals surface area contributed by atoms with Crippen LogP contribution in [0, 0.1) is 13.8 Å². The minimum Gasteiger partial charge on any atom is -0.497 e. The molecule has 1 N–H and O–H groups in total. The van der Waals surface area contributed by atoms with E-state index in [0.717, 1.165) is 17.5 Å². The first-order chi connectivity index (χ1) is 18.6. The number of benzene rings is 3. The number of hydrogen-bond donors (Lipinski definition) is 1. The number of carbonyl (C=O) groups is 1. The van der Waals surface area contributed by atoms with Crippen LogP contribution in [0.3, 0.4) is 0 Å². The van der Waals surface area contributed by atoms with Crippen LogP contribution < -0.4 is 19.8 Å². The van der Waals surface area contributed by atoms with Gasteiger partial charge in [0, 0.05) is 17.0 Å². The Morgan fingerprint density at radius 3 is 2.33 bits per heavy atom. The molecular weight excluding hydrogens is 518 g/mol. The van der Waals surface area contributed by atoms with Crippen LogP contribution in [0.4, 0.5) is 0 Å². The lowest BCUT2D eigenvalue weighted by Gasteiger charge is -2.19. The van der Waals surface area contributed by atoms with Gasteiger partial charge in [-0.25, -0.2) is 18.0 Å². The highest BCUT2D eigenvalue weighted by molar-refractivity contribution is 7.89. The van der Waals surface area contributed by atoms with E-state index in [9.17, 15) is 18.0 Å². The summed E-state index contributed by atoms with van der Waals surface area (Å²) in [5.41, 5.74) is 2.56. The van der Waals surface area contributed by atoms with E-state index in [1.165, 1.54) is 18.2 Å². The molecule has 1 atom stereocenters. The molecule has 9 heteroatoms. The van der Waals surface area contributed by atoms with Crippen molar-refractivity contribution in [1.29, 1.82) is 0 Å². The molecule has 8 nitrogen and oxygen atoms in total. The molecule has 0 aliphatic heterocycles. The zero-order chi connectivity index (χ0) is 28.2. The van der Waals surface area contributed by atoms with Crippen LogP contribution in [-0.2, 0) is 14.8 Å².